The zero-order chi connectivity index (χ0) is 30.9. The number of nitrogens with one attached hydrogen (secondary N) is 3. The van der Waals surface area contributed by atoms with Gasteiger partial charge in [0.1, 0.15) is 6.04 Å². The highest BCUT2D eigenvalue weighted by Gasteiger charge is 2.36. The molecule has 0 fully saturated rings. The molecule has 42 heavy (non-hydrogen) atoms. The van der Waals surface area contributed by atoms with Crippen molar-refractivity contribution >= 4 is 16.1 Å². The third kappa shape index (κ3) is 9.66. The molecule has 5 N–H and O–H groups in total. The Bertz CT molecular complexity index is 1370. The monoisotopic (exact) mass is 598 g/mol. The zero-order valence-corrected chi connectivity index (χ0v) is 25.5. The number of hydrogen-bond acceptors (Lipinski definition) is 8. The Balaban J connectivity index is 1.85. The molecule has 0 aliphatic heterocycles. The Labute approximate surface area is 248 Å². The molecule has 3 unspecified atom stereocenters. The van der Waals surface area contributed by atoms with Crippen LogP contribution in [-0.4, -0.2) is 77.8 Å². The molecule has 0 radical (unpaired) electrons. The lowest BCUT2D eigenvalue weighted by Gasteiger charge is -2.34. The average Bonchev–Trinajstić information content (AvgIpc) is 2.95. The first-order chi connectivity index (χ1) is 19.8. The number of nitrogens with zero attached hydrogens (tertiary/aromatic N) is 3. The molecule has 228 valence electrons. The molecule has 12 heteroatoms. The summed E-state index contributed by atoms with van der Waals surface area (Å²) in [4.78, 5) is 18.0. The summed E-state index contributed by atoms with van der Waals surface area (Å²) in [6.45, 7) is 5.42. The molecule has 0 saturated carbocycles. The minimum absolute atomic E-state index is 0.0594. The summed E-state index contributed by atoms with van der Waals surface area (Å²) >= 11 is 0. The minimum atomic E-state index is -3.92. The summed E-state index contributed by atoms with van der Waals surface area (Å²) in [5, 5.41) is 22.5. The lowest BCUT2D eigenvalue weighted by Crippen LogP contribution is -2.59. The predicted molar refractivity (Wildman–Crippen MR) is 162 cm³/mol. The van der Waals surface area contributed by atoms with Crippen LogP contribution in [0.1, 0.15) is 31.9 Å². The molecular weight excluding hydrogens is 556 g/mol. The zero-order valence-electron chi connectivity index (χ0n) is 24.7. The molecule has 0 aliphatic carbocycles. The number of carbonyl (C=O) groups is 1. The number of hydrogen-bond donors (Lipinski definition) is 5. The van der Waals surface area contributed by atoms with Gasteiger partial charge in [0.25, 0.3) is 16.1 Å². The van der Waals surface area contributed by atoms with Crippen molar-refractivity contribution in [2.75, 3.05) is 20.6 Å². The molecule has 3 atom stereocenters. The number of hydrazine groups is 1. The van der Waals surface area contributed by atoms with Crippen LogP contribution in [0.3, 0.4) is 0 Å². The summed E-state index contributed by atoms with van der Waals surface area (Å²) in [7, 11) is -1.16. The molecule has 3 aromatic rings. The van der Waals surface area contributed by atoms with Gasteiger partial charge in [-0.05, 0) is 35.1 Å². The van der Waals surface area contributed by atoms with Crippen LogP contribution in [0.2, 0.25) is 0 Å². The van der Waals surface area contributed by atoms with E-state index in [1.54, 1.807) is 27.0 Å². The molecule has 1 aromatic heterocycles. The third-order valence-corrected chi connectivity index (χ3v) is 8.26. The van der Waals surface area contributed by atoms with Gasteiger partial charge in [0.05, 0.1) is 17.8 Å². The van der Waals surface area contributed by atoms with E-state index in [4.69, 9.17) is 0 Å². The van der Waals surface area contributed by atoms with Crippen molar-refractivity contribution in [3.63, 3.8) is 0 Å². The first kappa shape index (κ1) is 33.3. The fourth-order valence-corrected chi connectivity index (χ4v) is 5.24. The van der Waals surface area contributed by atoms with Crippen LogP contribution in [0.15, 0.2) is 79.0 Å². The summed E-state index contributed by atoms with van der Waals surface area (Å²) in [5.41, 5.74) is 7.74. The minimum Gasteiger partial charge on any atom is -0.390 e. The number of aromatic nitrogens is 1. The maximum Gasteiger partial charge on any atom is 0.279 e. The van der Waals surface area contributed by atoms with Crippen molar-refractivity contribution in [3.05, 3.63) is 90.1 Å². The van der Waals surface area contributed by atoms with E-state index in [1.807, 2.05) is 72.8 Å². The van der Waals surface area contributed by atoms with Gasteiger partial charge in [0.2, 0.25) is 0 Å². The number of amides is 1. The Kier molecular flexibility index (Phi) is 11.7. The quantitative estimate of drug-likeness (QED) is 0.178. The number of hydroxylamine groups is 1. The van der Waals surface area contributed by atoms with E-state index >= 15 is 0 Å². The van der Waals surface area contributed by atoms with Gasteiger partial charge in [-0.25, -0.2) is 5.01 Å². The highest BCUT2D eigenvalue weighted by atomic mass is 32.2. The topological polar surface area (TPSA) is 147 Å². The SMILES string of the molecule is CN(C)S(=O)(=O)NC(C(=O)NN(Cc1ccc(-c2ccccn2)cc1)CC(O)C(Cc1ccccc1)NO)C(C)(C)C. The maximum absolute atomic E-state index is 13.6. The molecule has 0 aliphatic rings. The van der Waals surface area contributed by atoms with Crippen molar-refractivity contribution < 1.29 is 23.5 Å². The highest BCUT2D eigenvalue weighted by molar-refractivity contribution is 7.87. The molecule has 1 amide bonds. The van der Waals surface area contributed by atoms with Gasteiger partial charge in [-0.2, -0.15) is 22.9 Å². The van der Waals surface area contributed by atoms with Crippen molar-refractivity contribution in [1.82, 2.24) is 29.9 Å². The summed E-state index contributed by atoms with van der Waals surface area (Å²) in [6.07, 6.45) is 0.959. The fourth-order valence-electron chi connectivity index (χ4n) is 4.27. The Morgan fingerprint density at radius 2 is 1.60 bits per heavy atom. The van der Waals surface area contributed by atoms with Crippen LogP contribution >= 0.6 is 0 Å². The van der Waals surface area contributed by atoms with Crippen LogP contribution in [0.4, 0.5) is 0 Å². The Morgan fingerprint density at radius 3 is 2.14 bits per heavy atom. The number of carbonyl (C=O) groups excluding carboxylic acids is 1. The van der Waals surface area contributed by atoms with Crippen LogP contribution < -0.4 is 15.6 Å². The average molecular weight is 599 g/mol. The number of benzene rings is 2. The fraction of sp³-hybridized carbons (Fsp3) is 0.400. The third-order valence-electron chi connectivity index (χ3n) is 6.77. The largest absolute Gasteiger partial charge is 0.390 e. The lowest BCUT2D eigenvalue weighted by atomic mass is 9.87. The summed E-state index contributed by atoms with van der Waals surface area (Å²) < 4.78 is 28.8. The number of aliphatic hydroxyl groups excluding tert-OH is 1. The molecule has 3 rings (SSSR count). The Morgan fingerprint density at radius 1 is 0.952 bits per heavy atom. The number of aliphatic hydroxyl groups is 1. The molecule has 0 saturated heterocycles. The van der Waals surface area contributed by atoms with Crippen molar-refractivity contribution in [2.24, 2.45) is 5.41 Å². The van der Waals surface area contributed by atoms with E-state index in [-0.39, 0.29) is 13.1 Å². The maximum atomic E-state index is 13.6. The normalized spacial score (nSPS) is 14.5. The second-order valence-electron chi connectivity index (χ2n) is 11.5. The van der Waals surface area contributed by atoms with Gasteiger partial charge < -0.3 is 10.3 Å². The molecule has 2 aromatic carbocycles. The summed E-state index contributed by atoms with van der Waals surface area (Å²) in [5.74, 6) is -0.582. The van der Waals surface area contributed by atoms with Gasteiger partial charge in [-0.3, -0.25) is 15.2 Å². The first-order valence-electron chi connectivity index (χ1n) is 13.7. The van der Waals surface area contributed by atoms with E-state index < -0.39 is 39.7 Å². The van der Waals surface area contributed by atoms with E-state index in [1.165, 1.54) is 19.1 Å². The van der Waals surface area contributed by atoms with E-state index in [9.17, 15) is 23.5 Å². The van der Waals surface area contributed by atoms with Gasteiger partial charge >= 0.3 is 0 Å². The van der Waals surface area contributed by atoms with Crippen LogP contribution in [0.25, 0.3) is 11.3 Å². The van der Waals surface area contributed by atoms with Gasteiger partial charge in [-0.15, -0.1) is 0 Å². The van der Waals surface area contributed by atoms with Gasteiger partial charge in [0, 0.05) is 38.9 Å². The first-order valence-corrected chi connectivity index (χ1v) is 15.1. The van der Waals surface area contributed by atoms with E-state index in [0.29, 0.717) is 6.42 Å². The van der Waals surface area contributed by atoms with Crippen molar-refractivity contribution in [2.45, 2.75) is 51.9 Å². The molecule has 11 nitrogen and oxygen atoms in total. The smallest absolute Gasteiger partial charge is 0.279 e. The van der Waals surface area contributed by atoms with Crippen LogP contribution in [0, 0.1) is 5.41 Å². The van der Waals surface area contributed by atoms with Gasteiger partial charge in [-0.1, -0.05) is 81.4 Å². The highest BCUT2D eigenvalue weighted by Crippen LogP contribution is 2.22. The number of pyridine rings is 1. The predicted octanol–water partition coefficient (Wildman–Crippen LogP) is 2.34. The molecular formula is C30H42N6O5S. The Hall–Kier alpha value is -3.23. The second kappa shape index (κ2) is 14.8. The van der Waals surface area contributed by atoms with E-state index in [2.05, 4.69) is 20.6 Å². The molecule has 1 heterocycles. The van der Waals surface area contributed by atoms with Crippen molar-refractivity contribution in [1.29, 1.82) is 0 Å². The van der Waals surface area contributed by atoms with E-state index in [0.717, 1.165) is 26.7 Å². The molecule has 0 spiro atoms. The molecule has 0 bridgehead atoms. The van der Waals surface area contributed by atoms with Gasteiger partial charge in [0.15, 0.2) is 0 Å². The van der Waals surface area contributed by atoms with Crippen LogP contribution in [0.5, 0.6) is 0 Å². The lowest BCUT2D eigenvalue weighted by molar-refractivity contribution is -0.131. The second-order valence-corrected chi connectivity index (χ2v) is 13.4. The summed E-state index contributed by atoms with van der Waals surface area (Å²) in [6, 6.07) is 20.9. The standard InChI is InChI=1S/C30H42N6O5S/c1-30(2,3)28(34-42(40,41)35(4)5)29(38)32-36(21-27(37)26(33-39)19-22-11-7-6-8-12-22)20-23-14-16-24(17-15-23)25-13-9-10-18-31-25/h6-18,26-28,33-34,37,39H,19-21H2,1-5H3,(H,32,38). The number of rotatable bonds is 14. The van der Waals surface area contributed by atoms with Crippen LogP contribution in [-0.2, 0) is 28.0 Å². The van der Waals surface area contributed by atoms with Crippen molar-refractivity contribution in [3.8, 4) is 11.3 Å².